The van der Waals surface area contributed by atoms with Crippen molar-refractivity contribution in [3.8, 4) is 11.8 Å². The van der Waals surface area contributed by atoms with Crippen molar-refractivity contribution in [1.29, 1.82) is 0 Å². The van der Waals surface area contributed by atoms with Gasteiger partial charge in [0.1, 0.15) is 5.82 Å². The van der Waals surface area contributed by atoms with Crippen molar-refractivity contribution in [2.45, 2.75) is 6.54 Å². The second-order valence-corrected chi connectivity index (χ2v) is 3.76. The third kappa shape index (κ3) is 3.54. The van der Waals surface area contributed by atoms with E-state index in [0.29, 0.717) is 24.3 Å². The van der Waals surface area contributed by atoms with Gasteiger partial charge in [0, 0.05) is 6.54 Å². The van der Waals surface area contributed by atoms with Gasteiger partial charge in [0.15, 0.2) is 0 Å². The van der Waals surface area contributed by atoms with Crippen molar-refractivity contribution in [3.05, 3.63) is 41.7 Å². The standard InChI is InChI=1S/C13H14FN3O2/c1-18-11-7-12(19-2)17-13(16-11)15-8-9-3-5-10(14)6-4-9/h3-7H,8H2,1-2H3,(H,15,16,17). The summed E-state index contributed by atoms with van der Waals surface area (Å²) in [6.45, 7) is 0.483. The highest BCUT2D eigenvalue weighted by Gasteiger charge is 2.05. The van der Waals surface area contributed by atoms with Gasteiger partial charge in [-0.1, -0.05) is 12.1 Å². The molecule has 0 fully saturated rings. The quantitative estimate of drug-likeness (QED) is 0.896. The summed E-state index contributed by atoms with van der Waals surface area (Å²) in [5.74, 6) is 0.950. The molecule has 5 nitrogen and oxygen atoms in total. The third-order valence-corrected chi connectivity index (χ3v) is 2.46. The number of nitrogens with one attached hydrogen (secondary N) is 1. The van der Waals surface area contributed by atoms with Gasteiger partial charge in [-0.25, -0.2) is 4.39 Å². The fourth-order valence-electron chi connectivity index (χ4n) is 1.48. The molecule has 2 rings (SSSR count). The Bertz CT molecular complexity index is 524. The van der Waals surface area contributed by atoms with Gasteiger partial charge in [-0.15, -0.1) is 0 Å². The highest BCUT2D eigenvalue weighted by molar-refractivity contribution is 5.34. The number of hydrogen-bond acceptors (Lipinski definition) is 5. The molecule has 1 aromatic carbocycles. The van der Waals surface area contributed by atoms with E-state index in [9.17, 15) is 4.39 Å². The first kappa shape index (κ1) is 13.1. The Labute approximate surface area is 110 Å². The zero-order valence-corrected chi connectivity index (χ0v) is 10.7. The molecule has 0 aliphatic rings. The van der Waals surface area contributed by atoms with E-state index in [0.717, 1.165) is 5.56 Å². The number of ether oxygens (including phenoxy) is 2. The average molecular weight is 263 g/mol. The van der Waals surface area contributed by atoms with Crippen LogP contribution in [0.3, 0.4) is 0 Å². The van der Waals surface area contributed by atoms with Crippen molar-refractivity contribution >= 4 is 5.95 Å². The number of benzene rings is 1. The molecule has 0 atom stereocenters. The van der Waals surface area contributed by atoms with E-state index in [-0.39, 0.29) is 5.82 Å². The first-order valence-corrected chi connectivity index (χ1v) is 5.66. The number of hydrogen-bond donors (Lipinski definition) is 1. The summed E-state index contributed by atoms with van der Waals surface area (Å²) < 4.78 is 22.9. The maximum Gasteiger partial charge on any atom is 0.229 e. The van der Waals surface area contributed by atoms with Crippen LogP contribution < -0.4 is 14.8 Å². The maximum atomic E-state index is 12.8. The fraction of sp³-hybridized carbons (Fsp3) is 0.231. The monoisotopic (exact) mass is 263 g/mol. The van der Waals surface area contributed by atoms with E-state index in [1.54, 1.807) is 18.2 Å². The highest BCUT2D eigenvalue weighted by atomic mass is 19.1. The number of nitrogens with zero attached hydrogens (tertiary/aromatic N) is 2. The largest absolute Gasteiger partial charge is 0.481 e. The number of aromatic nitrogens is 2. The van der Waals surface area contributed by atoms with Crippen LogP contribution in [0.15, 0.2) is 30.3 Å². The first-order chi connectivity index (χ1) is 9.21. The molecule has 1 heterocycles. The van der Waals surface area contributed by atoms with Crippen LogP contribution in [0.25, 0.3) is 0 Å². The average Bonchev–Trinajstić information content (AvgIpc) is 2.46. The summed E-state index contributed by atoms with van der Waals surface area (Å²) in [7, 11) is 3.04. The van der Waals surface area contributed by atoms with Crippen LogP contribution in [0, 0.1) is 5.82 Å². The minimum absolute atomic E-state index is 0.261. The Morgan fingerprint density at radius 1 is 1.05 bits per heavy atom. The third-order valence-electron chi connectivity index (χ3n) is 2.46. The molecule has 0 radical (unpaired) electrons. The molecule has 1 N–H and O–H groups in total. The normalized spacial score (nSPS) is 10.1. The van der Waals surface area contributed by atoms with Gasteiger partial charge in [0.2, 0.25) is 17.7 Å². The molecule has 0 aliphatic heterocycles. The van der Waals surface area contributed by atoms with Crippen molar-refractivity contribution in [3.63, 3.8) is 0 Å². The van der Waals surface area contributed by atoms with Crippen molar-refractivity contribution < 1.29 is 13.9 Å². The Morgan fingerprint density at radius 3 is 2.16 bits per heavy atom. The summed E-state index contributed by atoms with van der Waals surface area (Å²) in [6.07, 6.45) is 0. The Balaban J connectivity index is 2.08. The van der Waals surface area contributed by atoms with Gasteiger partial charge in [-0.2, -0.15) is 9.97 Å². The van der Waals surface area contributed by atoms with Crippen molar-refractivity contribution in [1.82, 2.24) is 9.97 Å². The molecule has 0 aliphatic carbocycles. The fourth-order valence-corrected chi connectivity index (χ4v) is 1.48. The molecule has 100 valence electrons. The van der Waals surface area contributed by atoms with E-state index in [1.807, 2.05) is 0 Å². The summed E-state index contributed by atoms with van der Waals surface area (Å²) in [6, 6.07) is 7.79. The molecule has 0 spiro atoms. The summed E-state index contributed by atoms with van der Waals surface area (Å²) in [5, 5.41) is 3.03. The van der Waals surface area contributed by atoms with Gasteiger partial charge in [-0.3, -0.25) is 0 Å². The topological polar surface area (TPSA) is 56.3 Å². The van der Waals surface area contributed by atoms with Gasteiger partial charge < -0.3 is 14.8 Å². The van der Waals surface area contributed by atoms with E-state index in [4.69, 9.17) is 9.47 Å². The molecule has 0 bridgehead atoms. The predicted octanol–water partition coefficient (Wildman–Crippen LogP) is 2.25. The smallest absolute Gasteiger partial charge is 0.229 e. The molecule has 0 unspecified atom stereocenters. The lowest BCUT2D eigenvalue weighted by Gasteiger charge is -2.08. The van der Waals surface area contributed by atoms with E-state index >= 15 is 0 Å². The zero-order valence-electron chi connectivity index (χ0n) is 10.7. The van der Waals surface area contributed by atoms with Crippen molar-refractivity contribution in [2.75, 3.05) is 19.5 Å². The number of methoxy groups -OCH3 is 2. The Kier molecular flexibility index (Phi) is 4.12. The van der Waals surface area contributed by atoms with E-state index in [1.165, 1.54) is 26.4 Å². The highest BCUT2D eigenvalue weighted by Crippen LogP contribution is 2.17. The summed E-state index contributed by atoms with van der Waals surface area (Å²) in [5.41, 5.74) is 0.923. The van der Waals surface area contributed by atoms with Crippen LogP contribution in [0.2, 0.25) is 0 Å². The predicted molar refractivity (Wildman–Crippen MR) is 68.9 cm³/mol. The Morgan fingerprint density at radius 2 is 1.63 bits per heavy atom. The second-order valence-electron chi connectivity index (χ2n) is 3.76. The van der Waals surface area contributed by atoms with Crippen LogP contribution in [-0.2, 0) is 6.54 Å². The molecule has 0 saturated carbocycles. The number of anilines is 1. The molecule has 2 aromatic rings. The van der Waals surface area contributed by atoms with E-state index < -0.39 is 0 Å². The Hall–Kier alpha value is -2.37. The minimum Gasteiger partial charge on any atom is -0.481 e. The molecule has 0 amide bonds. The van der Waals surface area contributed by atoms with Gasteiger partial charge in [0.25, 0.3) is 0 Å². The maximum absolute atomic E-state index is 12.8. The minimum atomic E-state index is -0.261. The lowest BCUT2D eigenvalue weighted by molar-refractivity contribution is 0.373. The molecule has 0 saturated heterocycles. The summed E-state index contributed by atoms with van der Waals surface area (Å²) in [4.78, 5) is 8.27. The van der Waals surface area contributed by atoms with Crippen molar-refractivity contribution in [2.24, 2.45) is 0 Å². The summed E-state index contributed by atoms with van der Waals surface area (Å²) >= 11 is 0. The molecular formula is C13H14FN3O2. The molecular weight excluding hydrogens is 249 g/mol. The van der Waals surface area contributed by atoms with Crippen LogP contribution in [-0.4, -0.2) is 24.2 Å². The molecule has 19 heavy (non-hydrogen) atoms. The van der Waals surface area contributed by atoms with Gasteiger partial charge >= 0.3 is 0 Å². The van der Waals surface area contributed by atoms with Crippen LogP contribution in [0.5, 0.6) is 11.8 Å². The molecule has 6 heteroatoms. The second kappa shape index (κ2) is 5.99. The van der Waals surface area contributed by atoms with Crippen LogP contribution in [0.1, 0.15) is 5.56 Å². The number of halogens is 1. The number of rotatable bonds is 5. The SMILES string of the molecule is COc1cc(OC)nc(NCc2ccc(F)cc2)n1. The lowest BCUT2D eigenvalue weighted by Crippen LogP contribution is -2.05. The first-order valence-electron chi connectivity index (χ1n) is 5.66. The lowest BCUT2D eigenvalue weighted by atomic mass is 10.2. The van der Waals surface area contributed by atoms with Gasteiger partial charge in [0.05, 0.1) is 20.3 Å². The van der Waals surface area contributed by atoms with Gasteiger partial charge in [-0.05, 0) is 17.7 Å². The zero-order chi connectivity index (χ0) is 13.7. The molecule has 1 aromatic heterocycles. The van der Waals surface area contributed by atoms with E-state index in [2.05, 4.69) is 15.3 Å². The van der Waals surface area contributed by atoms with Crippen LogP contribution >= 0.6 is 0 Å². The van der Waals surface area contributed by atoms with Crippen LogP contribution in [0.4, 0.5) is 10.3 Å².